The van der Waals surface area contributed by atoms with Crippen LogP contribution >= 0.6 is 0 Å². The Kier molecular flexibility index (Phi) is 5.54. The Balaban J connectivity index is 2.50. The smallest absolute Gasteiger partial charge is 0.0566 e. The fourth-order valence-electron chi connectivity index (χ4n) is 1.88. The number of rotatable bonds is 6. The van der Waals surface area contributed by atoms with Gasteiger partial charge in [-0.2, -0.15) is 0 Å². The summed E-state index contributed by atoms with van der Waals surface area (Å²) in [5.74, 6) is 0.360. The summed E-state index contributed by atoms with van der Waals surface area (Å²) >= 11 is 0. The Morgan fingerprint density at radius 2 is 1.75 bits per heavy atom. The highest BCUT2D eigenvalue weighted by molar-refractivity contribution is 5.23. The van der Waals surface area contributed by atoms with Crippen molar-refractivity contribution in [3.63, 3.8) is 0 Å². The van der Waals surface area contributed by atoms with Crippen molar-refractivity contribution in [3.05, 3.63) is 35.4 Å². The van der Waals surface area contributed by atoms with Crippen LogP contribution < -0.4 is 0 Å². The molecule has 0 saturated carbocycles. The van der Waals surface area contributed by atoms with Crippen LogP contribution in [0.5, 0.6) is 0 Å². The molecule has 0 aliphatic heterocycles. The number of hydrogen-bond donors (Lipinski definition) is 1. The van der Waals surface area contributed by atoms with E-state index in [9.17, 15) is 5.11 Å². The Hall–Kier alpha value is -0.820. The SMILES string of the molecule is CCCc1cccc(CCC(O)C(C)C)c1. The average molecular weight is 220 g/mol. The molecule has 0 saturated heterocycles. The lowest BCUT2D eigenvalue weighted by atomic mass is 9.98. The average Bonchev–Trinajstić information content (AvgIpc) is 2.26. The van der Waals surface area contributed by atoms with Crippen LogP contribution in [0.3, 0.4) is 0 Å². The monoisotopic (exact) mass is 220 g/mol. The quantitative estimate of drug-likeness (QED) is 0.776. The molecule has 0 radical (unpaired) electrons. The maximum Gasteiger partial charge on any atom is 0.0566 e. The highest BCUT2D eigenvalue weighted by atomic mass is 16.3. The van der Waals surface area contributed by atoms with E-state index in [1.165, 1.54) is 17.5 Å². The van der Waals surface area contributed by atoms with Gasteiger partial charge in [-0.05, 0) is 36.3 Å². The van der Waals surface area contributed by atoms with Crippen molar-refractivity contribution in [2.24, 2.45) is 5.92 Å². The molecule has 16 heavy (non-hydrogen) atoms. The zero-order chi connectivity index (χ0) is 12.0. The fourth-order valence-corrected chi connectivity index (χ4v) is 1.88. The largest absolute Gasteiger partial charge is 0.393 e. The molecule has 0 aliphatic rings. The van der Waals surface area contributed by atoms with E-state index in [-0.39, 0.29) is 6.10 Å². The van der Waals surface area contributed by atoms with Crippen molar-refractivity contribution < 1.29 is 5.11 Å². The molecular weight excluding hydrogens is 196 g/mol. The standard InChI is InChI=1S/C15H24O/c1-4-6-13-7-5-8-14(11-13)9-10-15(16)12(2)3/h5,7-8,11-12,15-16H,4,6,9-10H2,1-3H3. The first-order valence-corrected chi connectivity index (χ1v) is 6.39. The minimum Gasteiger partial charge on any atom is -0.393 e. The van der Waals surface area contributed by atoms with E-state index in [0.29, 0.717) is 5.92 Å². The molecule has 0 aromatic heterocycles. The second kappa shape index (κ2) is 6.70. The summed E-state index contributed by atoms with van der Waals surface area (Å²) in [6.07, 6.45) is 4.03. The molecule has 1 unspecified atom stereocenters. The van der Waals surface area contributed by atoms with Gasteiger partial charge in [-0.1, -0.05) is 51.5 Å². The van der Waals surface area contributed by atoms with Crippen LogP contribution in [0.15, 0.2) is 24.3 Å². The molecule has 1 rings (SSSR count). The Bertz CT molecular complexity index is 304. The van der Waals surface area contributed by atoms with Crippen LogP contribution in [0.25, 0.3) is 0 Å². The molecule has 0 bridgehead atoms. The molecule has 0 heterocycles. The summed E-state index contributed by atoms with van der Waals surface area (Å²) in [6.45, 7) is 6.34. The third-order valence-corrected chi connectivity index (χ3v) is 3.03. The highest BCUT2D eigenvalue weighted by Crippen LogP contribution is 2.13. The summed E-state index contributed by atoms with van der Waals surface area (Å²) in [4.78, 5) is 0. The molecule has 0 aliphatic carbocycles. The predicted molar refractivity (Wildman–Crippen MR) is 69.6 cm³/mol. The van der Waals surface area contributed by atoms with Crippen molar-refractivity contribution in [1.29, 1.82) is 0 Å². The molecule has 1 atom stereocenters. The molecule has 1 N–H and O–H groups in total. The van der Waals surface area contributed by atoms with Gasteiger partial charge in [0.2, 0.25) is 0 Å². The van der Waals surface area contributed by atoms with Crippen molar-refractivity contribution >= 4 is 0 Å². The van der Waals surface area contributed by atoms with Crippen molar-refractivity contribution in [3.8, 4) is 0 Å². The molecule has 0 fully saturated rings. The lowest BCUT2D eigenvalue weighted by Gasteiger charge is -2.14. The van der Waals surface area contributed by atoms with E-state index in [0.717, 1.165) is 19.3 Å². The van der Waals surface area contributed by atoms with E-state index in [2.05, 4.69) is 45.0 Å². The molecule has 0 amide bonds. The third-order valence-electron chi connectivity index (χ3n) is 3.03. The van der Waals surface area contributed by atoms with E-state index in [1.54, 1.807) is 0 Å². The van der Waals surface area contributed by atoms with Crippen LogP contribution in [-0.4, -0.2) is 11.2 Å². The first kappa shape index (κ1) is 13.2. The minimum absolute atomic E-state index is 0.171. The van der Waals surface area contributed by atoms with Crippen molar-refractivity contribution in [1.82, 2.24) is 0 Å². The second-order valence-corrected chi connectivity index (χ2v) is 4.92. The van der Waals surface area contributed by atoms with Gasteiger partial charge in [0.15, 0.2) is 0 Å². The van der Waals surface area contributed by atoms with Gasteiger partial charge in [0, 0.05) is 0 Å². The van der Waals surface area contributed by atoms with Gasteiger partial charge in [-0.25, -0.2) is 0 Å². The van der Waals surface area contributed by atoms with Crippen LogP contribution in [0.2, 0.25) is 0 Å². The van der Waals surface area contributed by atoms with E-state index in [1.807, 2.05) is 0 Å². The minimum atomic E-state index is -0.171. The van der Waals surface area contributed by atoms with Gasteiger partial charge in [0.25, 0.3) is 0 Å². The van der Waals surface area contributed by atoms with E-state index in [4.69, 9.17) is 0 Å². The fraction of sp³-hybridized carbons (Fsp3) is 0.600. The lowest BCUT2D eigenvalue weighted by Crippen LogP contribution is -2.15. The predicted octanol–water partition coefficient (Wildman–Crippen LogP) is 3.59. The van der Waals surface area contributed by atoms with Crippen LogP contribution in [-0.2, 0) is 12.8 Å². The van der Waals surface area contributed by atoms with Gasteiger partial charge in [0.05, 0.1) is 6.10 Å². The Morgan fingerprint density at radius 3 is 2.31 bits per heavy atom. The molecule has 1 nitrogen and oxygen atoms in total. The highest BCUT2D eigenvalue weighted by Gasteiger charge is 2.08. The molecule has 1 aromatic rings. The summed E-state index contributed by atoms with van der Waals surface area (Å²) in [5, 5.41) is 9.76. The van der Waals surface area contributed by atoms with Gasteiger partial charge in [-0.3, -0.25) is 0 Å². The summed E-state index contributed by atoms with van der Waals surface area (Å²) in [5.41, 5.74) is 2.77. The lowest BCUT2D eigenvalue weighted by molar-refractivity contribution is 0.116. The van der Waals surface area contributed by atoms with Gasteiger partial charge in [0.1, 0.15) is 0 Å². The summed E-state index contributed by atoms with van der Waals surface area (Å²) < 4.78 is 0. The summed E-state index contributed by atoms with van der Waals surface area (Å²) in [7, 11) is 0. The Morgan fingerprint density at radius 1 is 1.12 bits per heavy atom. The molecule has 1 heteroatoms. The number of benzene rings is 1. The maximum atomic E-state index is 9.76. The number of aliphatic hydroxyl groups is 1. The van der Waals surface area contributed by atoms with Crippen LogP contribution in [0.4, 0.5) is 0 Å². The van der Waals surface area contributed by atoms with E-state index < -0.39 is 0 Å². The number of hydrogen-bond acceptors (Lipinski definition) is 1. The normalized spacial score (nSPS) is 13.1. The first-order valence-electron chi connectivity index (χ1n) is 6.39. The van der Waals surface area contributed by atoms with Crippen molar-refractivity contribution in [2.45, 2.75) is 52.6 Å². The van der Waals surface area contributed by atoms with Gasteiger partial charge in [-0.15, -0.1) is 0 Å². The van der Waals surface area contributed by atoms with Gasteiger partial charge < -0.3 is 5.11 Å². The second-order valence-electron chi connectivity index (χ2n) is 4.92. The topological polar surface area (TPSA) is 20.2 Å². The number of aryl methyl sites for hydroxylation is 2. The molecule has 1 aromatic carbocycles. The van der Waals surface area contributed by atoms with Crippen LogP contribution in [0.1, 0.15) is 44.7 Å². The molecule has 0 spiro atoms. The zero-order valence-corrected chi connectivity index (χ0v) is 10.7. The number of aliphatic hydroxyl groups excluding tert-OH is 1. The third kappa shape index (κ3) is 4.36. The molecule has 90 valence electrons. The Labute approximate surface area is 99.5 Å². The maximum absolute atomic E-state index is 9.76. The first-order chi connectivity index (χ1) is 7.63. The zero-order valence-electron chi connectivity index (χ0n) is 10.7. The van der Waals surface area contributed by atoms with E-state index >= 15 is 0 Å². The molecular formula is C15H24O. The van der Waals surface area contributed by atoms with Crippen LogP contribution in [0, 0.1) is 5.92 Å². The van der Waals surface area contributed by atoms with Gasteiger partial charge >= 0.3 is 0 Å². The summed E-state index contributed by atoms with van der Waals surface area (Å²) in [6, 6.07) is 8.75. The van der Waals surface area contributed by atoms with Crippen molar-refractivity contribution in [2.75, 3.05) is 0 Å².